The van der Waals surface area contributed by atoms with Gasteiger partial charge in [-0.25, -0.2) is 8.42 Å². The summed E-state index contributed by atoms with van der Waals surface area (Å²) in [6.45, 7) is 4.52. The van der Waals surface area contributed by atoms with Crippen LogP contribution in [0.2, 0.25) is 0 Å². The Kier molecular flexibility index (Phi) is 5.92. The van der Waals surface area contributed by atoms with Gasteiger partial charge in [-0.3, -0.25) is 14.4 Å². The van der Waals surface area contributed by atoms with E-state index in [1.54, 1.807) is 23.9 Å². The molecule has 2 atom stereocenters. The molecule has 3 aliphatic rings. The molecule has 2 unspecified atom stereocenters. The third-order valence-electron chi connectivity index (χ3n) is 5.66. The number of hydrogen-bond acceptors (Lipinski definition) is 6. The second kappa shape index (κ2) is 8.29. The first-order valence-electron chi connectivity index (χ1n) is 9.69. The van der Waals surface area contributed by atoms with E-state index in [4.69, 9.17) is 0 Å². The molecule has 1 aromatic heterocycles. The molecule has 5 rings (SSSR count). The third-order valence-corrected chi connectivity index (χ3v) is 8.49. The molecule has 2 bridgehead atoms. The average molecular weight is 452 g/mol. The molecule has 3 aliphatic heterocycles. The predicted molar refractivity (Wildman–Crippen MR) is 118 cm³/mol. The number of carbonyl (C=O) groups is 1. The summed E-state index contributed by atoms with van der Waals surface area (Å²) >= 11 is 3.05. The molecule has 6 nitrogen and oxygen atoms in total. The van der Waals surface area contributed by atoms with Crippen molar-refractivity contribution in [2.75, 3.05) is 24.1 Å². The van der Waals surface area contributed by atoms with Gasteiger partial charge in [-0.05, 0) is 75.2 Å². The molecule has 1 aromatic carbocycles. The van der Waals surface area contributed by atoms with Gasteiger partial charge in [0.2, 0.25) is 10.0 Å². The number of nitrogens with one attached hydrogen (secondary N) is 2. The van der Waals surface area contributed by atoms with Crippen molar-refractivity contribution in [3.8, 4) is 0 Å². The van der Waals surface area contributed by atoms with E-state index in [-0.39, 0.29) is 11.9 Å². The Morgan fingerprint density at radius 1 is 1.14 bits per heavy atom. The predicted octanol–water partition coefficient (Wildman–Crippen LogP) is 3.48. The number of sulfonamides is 1. The van der Waals surface area contributed by atoms with Crippen molar-refractivity contribution in [1.29, 1.82) is 0 Å². The van der Waals surface area contributed by atoms with E-state index in [2.05, 4.69) is 21.9 Å². The number of hydrogen-bond donors (Lipinski definition) is 2. The maximum Gasteiger partial charge on any atom is 0.261 e. The van der Waals surface area contributed by atoms with Crippen LogP contribution in [0.25, 0.3) is 0 Å². The van der Waals surface area contributed by atoms with Gasteiger partial charge in [0.25, 0.3) is 5.91 Å². The number of rotatable bonds is 6. The van der Waals surface area contributed by atoms with Crippen LogP contribution in [0.15, 0.2) is 45.5 Å². The average Bonchev–Trinajstić information content (AvgIpc) is 3.14. The summed E-state index contributed by atoms with van der Waals surface area (Å²) in [6, 6.07) is 11.7. The standard InChI is InChI=1S/C20H25N3O3S3/c1-13-19(14-9-11-23(13)12-10-14)21-20(24)17-7-8-18(28-17)27-16-5-3-15(4-6-16)22-29(2,25)26/h3-8,13-14,19,22H,9-12H2,1-2H3,(H,21,24). The normalized spacial score (nSPS) is 26.3. The summed E-state index contributed by atoms with van der Waals surface area (Å²) in [4.78, 5) is 17.0. The fourth-order valence-electron chi connectivity index (χ4n) is 4.19. The highest BCUT2D eigenvalue weighted by Crippen LogP contribution is 2.35. The lowest BCUT2D eigenvalue weighted by molar-refractivity contribution is 0.0218. The van der Waals surface area contributed by atoms with Gasteiger partial charge in [0.05, 0.1) is 15.3 Å². The van der Waals surface area contributed by atoms with Gasteiger partial charge in [0.15, 0.2) is 0 Å². The maximum absolute atomic E-state index is 12.8. The van der Waals surface area contributed by atoms with Gasteiger partial charge in [-0.1, -0.05) is 11.8 Å². The summed E-state index contributed by atoms with van der Waals surface area (Å²) in [7, 11) is -3.28. The molecular weight excluding hydrogens is 426 g/mol. The van der Waals surface area contributed by atoms with E-state index < -0.39 is 10.0 Å². The molecule has 0 spiro atoms. The number of anilines is 1. The SMILES string of the molecule is CC1C(NC(=O)c2ccc(Sc3ccc(NS(C)(=O)=O)cc3)s2)C2CCN1CC2. The highest BCUT2D eigenvalue weighted by atomic mass is 32.2. The van der Waals surface area contributed by atoms with Crippen LogP contribution in [0.3, 0.4) is 0 Å². The Labute approximate surface area is 180 Å². The molecule has 0 aliphatic carbocycles. The Bertz CT molecular complexity index is 978. The fraction of sp³-hybridized carbons (Fsp3) is 0.450. The second-order valence-corrected chi connectivity index (χ2v) is 11.9. The van der Waals surface area contributed by atoms with Crippen molar-refractivity contribution in [2.24, 2.45) is 5.92 Å². The van der Waals surface area contributed by atoms with E-state index >= 15 is 0 Å². The van der Waals surface area contributed by atoms with Gasteiger partial charge in [-0.15, -0.1) is 11.3 Å². The topological polar surface area (TPSA) is 78.5 Å². The molecule has 1 amide bonds. The molecule has 3 fully saturated rings. The van der Waals surface area contributed by atoms with Gasteiger partial charge in [0.1, 0.15) is 0 Å². The minimum Gasteiger partial charge on any atom is -0.347 e. The van der Waals surface area contributed by atoms with Crippen molar-refractivity contribution < 1.29 is 13.2 Å². The first kappa shape index (κ1) is 20.7. The monoisotopic (exact) mass is 451 g/mol. The Morgan fingerprint density at radius 2 is 1.83 bits per heavy atom. The molecule has 9 heteroatoms. The first-order chi connectivity index (χ1) is 13.8. The van der Waals surface area contributed by atoms with Gasteiger partial charge in [-0.2, -0.15) is 0 Å². The van der Waals surface area contributed by atoms with Crippen LogP contribution >= 0.6 is 23.1 Å². The lowest BCUT2D eigenvalue weighted by atomic mass is 9.79. The Balaban J connectivity index is 1.37. The third kappa shape index (κ3) is 4.96. The Morgan fingerprint density at radius 3 is 2.45 bits per heavy atom. The molecule has 156 valence electrons. The van der Waals surface area contributed by atoms with Crippen LogP contribution in [0, 0.1) is 5.92 Å². The molecule has 0 saturated carbocycles. The van der Waals surface area contributed by atoms with E-state index in [9.17, 15) is 13.2 Å². The molecule has 3 saturated heterocycles. The highest BCUT2D eigenvalue weighted by Gasteiger charge is 2.40. The zero-order valence-corrected chi connectivity index (χ0v) is 18.9. The largest absolute Gasteiger partial charge is 0.347 e. The van der Waals surface area contributed by atoms with Crippen LogP contribution in [0.5, 0.6) is 0 Å². The van der Waals surface area contributed by atoms with Crippen molar-refractivity contribution >= 4 is 44.7 Å². The lowest BCUT2D eigenvalue weighted by Gasteiger charge is -2.49. The van der Waals surface area contributed by atoms with Gasteiger partial charge >= 0.3 is 0 Å². The van der Waals surface area contributed by atoms with Gasteiger partial charge < -0.3 is 5.32 Å². The van der Waals surface area contributed by atoms with Crippen LogP contribution in [0.4, 0.5) is 5.69 Å². The smallest absolute Gasteiger partial charge is 0.261 e. The Hall–Kier alpha value is -1.55. The molecule has 2 aromatic rings. The van der Waals surface area contributed by atoms with Crippen LogP contribution in [-0.4, -0.2) is 50.7 Å². The van der Waals surface area contributed by atoms with Crippen LogP contribution < -0.4 is 10.0 Å². The van der Waals surface area contributed by atoms with E-state index in [1.165, 1.54) is 24.2 Å². The van der Waals surface area contributed by atoms with Crippen molar-refractivity contribution in [3.63, 3.8) is 0 Å². The number of piperidine rings is 3. The summed E-state index contributed by atoms with van der Waals surface area (Å²) < 4.78 is 26.1. The van der Waals surface area contributed by atoms with Crippen molar-refractivity contribution in [3.05, 3.63) is 41.3 Å². The maximum atomic E-state index is 12.8. The fourth-order valence-corrected chi connectivity index (χ4v) is 6.76. The number of amides is 1. The molecular formula is C20H25N3O3S3. The lowest BCUT2D eigenvalue weighted by Crippen LogP contribution is -2.62. The number of thiophene rings is 1. The van der Waals surface area contributed by atoms with Crippen LogP contribution in [0.1, 0.15) is 29.4 Å². The second-order valence-electron chi connectivity index (χ2n) is 7.73. The minimum atomic E-state index is -3.28. The highest BCUT2D eigenvalue weighted by molar-refractivity contribution is 8.01. The summed E-state index contributed by atoms with van der Waals surface area (Å²) in [6.07, 6.45) is 3.47. The van der Waals surface area contributed by atoms with Gasteiger partial charge in [0, 0.05) is 22.7 Å². The summed E-state index contributed by atoms with van der Waals surface area (Å²) in [5, 5.41) is 3.28. The molecule has 29 heavy (non-hydrogen) atoms. The molecule has 0 radical (unpaired) electrons. The van der Waals surface area contributed by atoms with Crippen LogP contribution in [-0.2, 0) is 10.0 Å². The van der Waals surface area contributed by atoms with Crippen molar-refractivity contribution in [2.45, 2.75) is 41.0 Å². The number of fused-ring (bicyclic) bond motifs is 3. The summed E-state index contributed by atoms with van der Waals surface area (Å²) in [5.41, 5.74) is 0.537. The summed E-state index contributed by atoms with van der Waals surface area (Å²) in [5.74, 6) is 0.604. The minimum absolute atomic E-state index is 0.0140. The molecule has 2 N–H and O–H groups in total. The quantitative estimate of drug-likeness (QED) is 0.703. The van der Waals surface area contributed by atoms with E-state index in [1.807, 2.05) is 24.3 Å². The first-order valence-corrected chi connectivity index (χ1v) is 13.2. The number of carbonyl (C=O) groups excluding carboxylic acids is 1. The van der Waals surface area contributed by atoms with E-state index in [0.29, 0.717) is 17.6 Å². The number of nitrogens with zero attached hydrogens (tertiary/aromatic N) is 1. The zero-order valence-electron chi connectivity index (χ0n) is 16.4. The zero-order chi connectivity index (χ0) is 20.6. The van der Waals surface area contributed by atoms with E-state index in [0.717, 1.165) is 33.3 Å². The van der Waals surface area contributed by atoms with Crippen molar-refractivity contribution in [1.82, 2.24) is 10.2 Å². The molecule has 4 heterocycles. The number of benzene rings is 1.